The Bertz CT molecular complexity index is 1060. The van der Waals surface area contributed by atoms with Crippen molar-refractivity contribution in [2.24, 2.45) is 0 Å². The van der Waals surface area contributed by atoms with Crippen LogP contribution in [0.4, 0.5) is 11.5 Å². The minimum absolute atomic E-state index is 0.0314. The number of aryl methyl sites for hydroxylation is 1. The summed E-state index contributed by atoms with van der Waals surface area (Å²) in [5, 5.41) is 11.7. The van der Waals surface area contributed by atoms with Gasteiger partial charge in [-0.2, -0.15) is 0 Å². The zero-order valence-corrected chi connectivity index (χ0v) is 15.0. The van der Waals surface area contributed by atoms with Crippen LogP contribution in [0.2, 0.25) is 0 Å². The van der Waals surface area contributed by atoms with Gasteiger partial charge in [-0.05, 0) is 43.9 Å². The van der Waals surface area contributed by atoms with Crippen LogP contribution < -0.4 is 10.5 Å². The SMILES string of the molecule is Cc1ccc([C@H]2CCCCN2c2nc3ccccn3c(=O)c2[N+](=O)[O-])cc1. The zero-order valence-electron chi connectivity index (χ0n) is 15.0. The van der Waals surface area contributed by atoms with E-state index in [0.29, 0.717) is 12.2 Å². The highest BCUT2D eigenvalue weighted by atomic mass is 16.6. The Kier molecular flexibility index (Phi) is 4.35. The molecule has 7 heteroatoms. The van der Waals surface area contributed by atoms with Crippen molar-refractivity contribution in [2.75, 3.05) is 11.4 Å². The number of nitro groups is 1. The summed E-state index contributed by atoms with van der Waals surface area (Å²) in [5.74, 6) is 0.168. The second-order valence-corrected chi connectivity index (χ2v) is 6.89. The van der Waals surface area contributed by atoms with Crippen LogP contribution in [0.15, 0.2) is 53.5 Å². The van der Waals surface area contributed by atoms with Crippen LogP contribution in [-0.4, -0.2) is 20.9 Å². The van der Waals surface area contributed by atoms with E-state index in [4.69, 9.17) is 0 Å². The van der Waals surface area contributed by atoms with E-state index >= 15 is 0 Å². The minimum atomic E-state index is -0.645. The first kappa shape index (κ1) is 17.2. The number of nitrogens with zero attached hydrogens (tertiary/aromatic N) is 4. The van der Waals surface area contributed by atoms with Crippen molar-refractivity contribution in [3.8, 4) is 0 Å². The Hall–Kier alpha value is -3.22. The molecule has 0 saturated carbocycles. The number of fused-ring (bicyclic) bond motifs is 1. The van der Waals surface area contributed by atoms with Gasteiger partial charge in [0.1, 0.15) is 5.65 Å². The summed E-state index contributed by atoms with van der Waals surface area (Å²) < 4.78 is 1.23. The smallest absolute Gasteiger partial charge is 0.344 e. The zero-order chi connectivity index (χ0) is 19.0. The van der Waals surface area contributed by atoms with E-state index in [-0.39, 0.29) is 11.9 Å². The van der Waals surface area contributed by atoms with Crippen LogP contribution in [0, 0.1) is 17.0 Å². The summed E-state index contributed by atoms with van der Waals surface area (Å²) in [6.45, 7) is 2.66. The lowest BCUT2D eigenvalue weighted by atomic mass is 9.94. The third kappa shape index (κ3) is 3.05. The number of pyridine rings is 1. The molecule has 1 saturated heterocycles. The lowest BCUT2D eigenvalue weighted by Crippen LogP contribution is -2.36. The topological polar surface area (TPSA) is 80.8 Å². The fraction of sp³-hybridized carbons (Fsp3) is 0.300. The maximum Gasteiger partial charge on any atom is 0.376 e. The molecule has 0 spiro atoms. The van der Waals surface area contributed by atoms with Gasteiger partial charge in [0.15, 0.2) is 0 Å². The monoisotopic (exact) mass is 364 g/mol. The van der Waals surface area contributed by atoms with Crippen LogP contribution in [-0.2, 0) is 0 Å². The van der Waals surface area contributed by atoms with Crippen LogP contribution >= 0.6 is 0 Å². The predicted octanol–water partition coefficient (Wildman–Crippen LogP) is 3.64. The number of hydrogen-bond acceptors (Lipinski definition) is 5. The third-order valence-electron chi connectivity index (χ3n) is 5.11. The molecule has 0 bridgehead atoms. The molecule has 0 N–H and O–H groups in total. The van der Waals surface area contributed by atoms with Crippen LogP contribution in [0.25, 0.3) is 5.65 Å². The molecule has 3 aromatic rings. The Morgan fingerprint density at radius 3 is 2.67 bits per heavy atom. The van der Waals surface area contributed by atoms with Gasteiger partial charge in [0.05, 0.1) is 11.0 Å². The Labute approximate surface area is 156 Å². The second-order valence-electron chi connectivity index (χ2n) is 6.89. The molecule has 1 fully saturated rings. The maximum absolute atomic E-state index is 12.8. The van der Waals surface area contributed by atoms with E-state index in [2.05, 4.69) is 17.1 Å². The molecule has 1 atom stereocenters. The molecule has 1 aromatic carbocycles. The Balaban J connectivity index is 1.90. The van der Waals surface area contributed by atoms with Crippen LogP contribution in [0.1, 0.15) is 36.4 Å². The minimum Gasteiger partial charge on any atom is -0.344 e. The summed E-state index contributed by atoms with van der Waals surface area (Å²) in [6.07, 6.45) is 4.33. The van der Waals surface area contributed by atoms with Gasteiger partial charge in [-0.3, -0.25) is 19.3 Å². The molecule has 138 valence electrons. The summed E-state index contributed by atoms with van der Waals surface area (Å²) in [4.78, 5) is 30.4. The highest BCUT2D eigenvalue weighted by molar-refractivity contribution is 5.62. The largest absolute Gasteiger partial charge is 0.376 e. The fourth-order valence-electron chi connectivity index (χ4n) is 3.75. The van der Waals surface area contributed by atoms with E-state index in [0.717, 1.165) is 30.4 Å². The molecule has 27 heavy (non-hydrogen) atoms. The van der Waals surface area contributed by atoms with E-state index in [1.54, 1.807) is 18.2 Å². The van der Waals surface area contributed by atoms with Crippen molar-refractivity contribution in [3.63, 3.8) is 0 Å². The first-order chi connectivity index (χ1) is 13.1. The lowest BCUT2D eigenvalue weighted by Gasteiger charge is -2.36. The summed E-state index contributed by atoms with van der Waals surface area (Å²) in [7, 11) is 0. The fourth-order valence-corrected chi connectivity index (χ4v) is 3.75. The maximum atomic E-state index is 12.8. The van der Waals surface area contributed by atoms with E-state index in [1.807, 2.05) is 24.0 Å². The molecule has 4 rings (SSSR count). The standard InChI is InChI=1S/C20H20N4O3/c1-14-8-10-15(11-9-14)16-6-2-4-12-22(16)19-18(24(26)27)20(25)23-13-5-3-7-17(23)21-19/h3,5,7-11,13,16H,2,4,6,12H2,1H3/t16-/m1/s1. The average molecular weight is 364 g/mol. The van der Waals surface area contributed by atoms with Crippen LogP contribution in [0.3, 0.4) is 0 Å². The molecule has 1 aliphatic rings. The third-order valence-corrected chi connectivity index (χ3v) is 5.11. The molecular formula is C20H20N4O3. The van der Waals surface area contributed by atoms with Gasteiger partial charge in [-0.25, -0.2) is 4.98 Å². The highest BCUT2D eigenvalue weighted by Gasteiger charge is 2.33. The summed E-state index contributed by atoms with van der Waals surface area (Å²) >= 11 is 0. The van der Waals surface area contributed by atoms with Crippen molar-refractivity contribution in [3.05, 3.63) is 80.3 Å². The molecule has 7 nitrogen and oxygen atoms in total. The normalized spacial score (nSPS) is 17.2. The van der Waals surface area contributed by atoms with Gasteiger partial charge in [0, 0.05) is 12.7 Å². The van der Waals surface area contributed by atoms with Crippen molar-refractivity contribution in [2.45, 2.75) is 32.2 Å². The van der Waals surface area contributed by atoms with Crippen LogP contribution in [0.5, 0.6) is 0 Å². The second kappa shape index (κ2) is 6.83. The molecule has 3 heterocycles. The molecular weight excluding hydrogens is 344 g/mol. The number of hydrogen-bond donors (Lipinski definition) is 0. The molecule has 0 unspecified atom stereocenters. The number of aromatic nitrogens is 2. The first-order valence-corrected chi connectivity index (χ1v) is 9.05. The first-order valence-electron chi connectivity index (χ1n) is 9.05. The van der Waals surface area contributed by atoms with Gasteiger partial charge in [0.2, 0.25) is 5.82 Å². The number of benzene rings is 1. The van der Waals surface area contributed by atoms with Gasteiger partial charge in [0.25, 0.3) is 0 Å². The summed E-state index contributed by atoms with van der Waals surface area (Å²) in [5.41, 5.74) is 1.56. The highest BCUT2D eigenvalue weighted by Crippen LogP contribution is 2.37. The number of rotatable bonds is 3. The molecule has 2 aromatic heterocycles. The quantitative estimate of drug-likeness (QED) is 0.523. The molecule has 0 radical (unpaired) electrons. The van der Waals surface area contributed by atoms with Crippen molar-refractivity contribution >= 4 is 17.2 Å². The Morgan fingerprint density at radius 1 is 1.15 bits per heavy atom. The number of piperidine rings is 1. The average Bonchev–Trinajstić information content (AvgIpc) is 2.68. The predicted molar refractivity (Wildman–Crippen MR) is 103 cm³/mol. The molecule has 0 aliphatic carbocycles. The molecule has 0 amide bonds. The van der Waals surface area contributed by atoms with Crippen molar-refractivity contribution < 1.29 is 4.92 Å². The summed E-state index contributed by atoms with van der Waals surface area (Å²) in [6, 6.07) is 13.3. The Morgan fingerprint density at radius 2 is 1.93 bits per heavy atom. The molecule has 1 aliphatic heterocycles. The lowest BCUT2D eigenvalue weighted by molar-refractivity contribution is -0.385. The van der Waals surface area contributed by atoms with E-state index in [1.165, 1.54) is 10.6 Å². The van der Waals surface area contributed by atoms with Crippen molar-refractivity contribution in [1.29, 1.82) is 0 Å². The van der Waals surface area contributed by atoms with Gasteiger partial charge >= 0.3 is 11.2 Å². The van der Waals surface area contributed by atoms with E-state index in [9.17, 15) is 14.9 Å². The number of anilines is 1. The van der Waals surface area contributed by atoms with Crippen molar-refractivity contribution in [1.82, 2.24) is 9.38 Å². The van der Waals surface area contributed by atoms with Gasteiger partial charge in [-0.1, -0.05) is 35.9 Å². The van der Waals surface area contributed by atoms with Gasteiger partial charge in [-0.15, -0.1) is 0 Å². The van der Waals surface area contributed by atoms with Gasteiger partial charge < -0.3 is 4.90 Å². The van der Waals surface area contributed by atoms with E-state index < -0.39 is 16.2 Å².